The molecule has 2 aliphatic rings. The molecule has 1 aliphatic heterocycles. The Kier molecular flexibility index (Phi) is 11.6. The Morgan fingerprint density at radius 1 is 0.872 bits per heavy atom. The van der Waals surface area contributed by atoms with Crippen LogP contribution in [-0.2, 0) is 28.1 Å². The molecule has 0 spiro atoms. The van der Waals surface area contributed by atoms with Gasteiger partial charge in [0.2, 0.25) is 5.91 Å². The molecule has 0 radical (unpaired) electrons. The molecule has 47 heavy (non-hydrogen) atoms. The van der Waals surface area contributed by atoms with Crippen LogP contribution in [0.2, 0.25) is 0 Å². The molecule has 1 aliphatic carbocycles. The van der Waals surface area contributed by atoms with Gasteiger partial charge >= 0.3 is 6.18 Å². The normalized spacial score (nSPS) is 17.0. The zero-order valence-electron chi connectivity index (χ0n) is 26.9. The molecule has 10 heteroatoms. The molecule has 3 aromatic carbocycles. The molecular formula is C37H41F4N3O2S. The average molecular weight is 668 g/mol. The molecule has 0 N–H and O–H groups in total. The Labute approximate surface area is 278 Å². The van der Waals surface area contributed by atoms with Gasteiger partial charge in [0, 0.05) is 31.8 Å². The van der Waals surface area contributed by atoms with Crippen LogP contribution in [0.4, 0.5) is 17.6 Å². The van der Waals surface area contributed by atoms with Crippen molar-refractivity contribution < 1.29 is 27.2 Å². The van der Waals surface area contributed by atoms with Gasteiger partial charge in [-0.15, -0.1) is 0 Å². The zero-order chi connectivity index (χ0) is 33.6. The fourth-order valence-electron chi connectivity index (χ4n) is 6.34. The summed E-state index contributed by atoms with van der Waals surface area (Å²) in [4.78, 5) is 31.4. The van der Waals surface area contributed by atoms with Crippen molar-refractivity contribution in [2.75, 3.05) is 32.7 Å². The van der Waals surface area contributed by atoms with Gasteiger partial charge in [-0.1, -0.05) is 74.3 Å². The van der Waals surface area contributed by atoms with Gasteiger partial charge in [-0.25, -0.2) is 8.70 Å². The van der Waals surface area contributed by atoms with Crippen LogP contribution >= 0.6 is 11.9 Å². The van der Waals surface area contributed by atoms with E-state index in [1.54, 1.807) is 12.1 Å². The minimum atomic E-state index is -4.38. The van der Waals surface area contributed by atoms with Crippen molar-refractivity contribution >= 4 is 23.6 Å². The minimum absolute atomic E-state index is 0.00875. The van der Waals surface area contributed by atoms with Crippen molar-refractivity contribution in [2.45, 2.75) is 64.0 Å². The highest BCUT2D eigenvalue weighted by Gasteiger charge is 2.38. The van der Waals surface area contributed by atoms with E-state index in [0.717, 1.165) is 78.9 Å². The highest BCUT2D eigenvalue weighted by molar-refractivity contribution is 7.96. The number of amides is 1. The highest BCUT2D eigenvalue weighted by atomic mass is 32.2. The number of ketones is 1. The fraction of sp³-hybridized carbons (Fsp3) is 0.405. The first kappa shape index (κ1) is 34.9. The largest absolute Gasteiger partial charge is 0.416 e. The van der Waals surface area contributed by atoms with Crippen molar-refractivity contribution in [1.82, 2.24) is 14.1 Å². The van der Waals surface area contributed by atoms with Crippen LogP contribution in [0, 0.1) is 5.82 Å². The van der Waals surface area contributed by atoms with Crippen molar-refractivity contribution in [2.24, 2.45) is 0 Å². The van der Waals surface area contributed by atoms with E-state index in [1.807, 2.05) is 29.2 Å². The van der Waals surface area contributed by atoms with Crippen molar-refractivity contribution in [3.8, 4) is 11.1 Å². The number of benzene rings is 3. The van der Waals surface area contributed by atoms with E-state index in [1.165, 1.54) is 36.2 Å². The summed E-state index contributed by atoms with van der Waals surface area (Å²) < 4.78 is 54.6. The zero-order valence-corrected chi connectivity index (χ0v) is 27.7. The molecule has 1 unspecified atom stereocenters. The number of Topliss-reactive ketones (excluding diaryl/α,β-unsaturated/α-hetero) is 1. The lowest BCUT2D eigenvalue weighted by atomic mass is 9.93. The first-order valence-electron chi connectivity index (χ1n) is 16.2. The number of rotatable bonds is 13. The number of nitrogens with zero attached hydrogens (tertiary/aromatic N) is 3. The average Bonchev–Trinajstić information content (AvgIpc) is 3.57. The molecule has 0 fully saturated rings. The molecule has 0 bridgehead atoms. The van der Waals surface area contributed by atoms with E-state index in [9.17, 15) is 27.2 Å². The van der Waals surface area contributed by atoms with Gasteiger partial charge in [-0.05, 0) is 90.0 Å². The molecule has 5 rings (SSSR count). The Balaban J connectivity index is 1.33. The van der Waals surface area contributed by atoms with Crippen LogP contribution in [0.15, 0.2) is 83.9 Å². The van der Waals surface area contributed by atoms with Crippen LogP contribution in [-0.4, -0.2) is 64.6 Å². The van der Waals surface area contributed by atoms with Gasteiger partial charge in [-0.3, -0.25) is 9.59 Å². The SMILES string of the molecule is CCN(CC)CCN(Cc1ccc(-c2ccc(C(F)(F)F)cc2)cc1)C(=O)CC1C2=C(CCC2)C(=O)CN1SCc1ccc(F)cc1. The first-order chi connectivity index (χ1) is 22.5. The summed E-state index contributed by atoms with van der Waals surface area (Å²) >= 11 is 1.52. The maximum Gasteiger partial charge on any atom is 0.416 e. The van der Waals surface area contributed by atoms with Crippen LogP contribution in [0.25, 0.3) is 11.1 Å². The van der Waals surface area contributed by atoms with Gasteiger partial charge < -0.3 is 9.80 Å². The number of likely N-dealkylation sites (N-methyl/N-ethyl adjacent to an activating group) is 1. The van der Waals surface area contributed by atoms with Gasteiger partial charge in [0.05, 0.1) is 18.2 Å². The van der Waals surface area contributed by atoms with E-state index >= 15 is 0 Å². The third-order valence-corrected chi connectivity index (χ3v) is 10.3. The molecular weight excluding hydrogens is 626 g/mol. The second-order valence-corrected chi connectivity index (χ2v) is 13.1. The van der Waals surface area contributed by atoms with Crippen molar-refractivity contribution in [1.29, 1.82) is 0 Å². The monoisotopic (exact) mass is 667 g/mol. The smallest absolute Gasteiger partial charge is 0.337 e. The summed E-state index contributed by atoms with van der Waals surface area (Å²) in [5.74, 6) is 0.404. The van der Waals surface area contributed by atoms with E-state index in [-0.39, 0.29) is 36.5 Å². The number of hydrogen-bond donors (Lipinski definition) is 0. The Bertz CT molecular complexity index is 1550. The molecule has 1 amide bonds. The number of halogens is 4. The predicted molar refractivity (Wildman–Crippen MR) is 179 cm³/mol. The number of carbonyl (C=O) groups is 2. The van der Waals surface area contributed by atoms with E-state index < -0.39 is 11.7 Å². The fourth-order valence-corrected chi connectivity index (χ4v) is 7.43. The number of carbonyl (C=O) groups excluding carboxylic acids is 2. The van der Waals surface area contributed by atoms with Crippen molar-refractivity contribution in [3.63, 3.8) is 0 Å². The highest BCUT2D eigenvalue weighted by Crippen LogP contribution is 2.40. The summed E-state index contributed by atoms with van der Waals surface area (Å²) in [6.45, 7) is 7.84. The lowest BCUT2D eigenvalue weighted by Crippen LogP contribution is -2.45. The molecule has 0 aromatic heterocycles. The third-order valence-electron chi connectivity index (χ3n) is 9.13. The van der Waals surface area contributed by atoms with E-state index in [2.05, 4.69) is 23.1 Å². The summed E-state index contributed by atoms with van der Waals surface area (Å²) in [5, 5.41) is 0. The standard InChI is InChI=1S/C37H41F4N3O2S/c1-3-42(4-2)20-21-43(23-26-8-12-28(13-9-26)29-14-16-30(17-15-29)37(39,40)41)36(46)22-34-32-6-5-7-33(32)35(45)24-44(34)47-25-27-10-18-31(38)19-11-27/h8-19,34H,3-7,20-25H2,1-2H3. The third kappa shape index (κ3) is 8.91. The molecule has 1 atom stereocenters. The molecule has 5 nitrogen and oxygen atoms in total. The van der Waals surface area contributed by atoms with Gasteiger partial charge in [-0.2, -0.15) is 13.2 Å². The number of hydrogen-bond acceptors (Lipinski definition) is 5. The van der Waals surface area contributed by atoms with Crippen LogP contribution in [0.5, 0.6) is 0 Å². The number of alkyl halides is 3. The summed E-state index contributed by atoms with van der Waals surface area (Å²) in [6, 6.07) is 18.9. The van der Waals surface area contributed by atoms with Gasteiger partial charge in [0.15, 0.2) is 5.78 Å². The second kappa shape index (κ2) is 15.6. The van der Waals surface area contributed by atoms with E-state index in [0.29, 0.717) is 24.4 Å². The molecule has 1 heterocycles. The van der Waals surface area contributed by atoms with Crippen molar-refractivity contribution in [3.05, 3.63) is 106 Å². The minimum Gasteiger partial charge on any atom is -0.337 e. The first-order valence-corrected chi connectivity index (χ1v) is 17.2. The van der Waals surface area contributed by atoms with Gasteiger partial charge in [0.25, 0.3) is 0 Å². The predicted octanol–water partition coefficient (Wildman–Crippen LogP) is 8.15. The maximum absolute atomic E-state index is 14.2. The lowest BCUT2D eigenvalue weighted by molar-refractivity contribution is -0.137. The summed E-state index contributed by atoms with van der Waals surface area (Å²) in [7, 11) is 0. The molecule has 3 aromatic rings. The molecule has 0 saturated carbocycles. The summed E-state index contributed by atoms with van der Waals surface area (Å²) in [6.07, 6.45) is -1.66. The van der Waals surface area contributed by atoms with Crippen LogP contribution < -0.4 is 0 Å². The molecule has 0 saturated heterocycles. The Morgan fingerprint density at radius 3 is 2.11 bits per heavy atom. The molecule has 250 valence electrons. The Morgan fingerprint density at radius 2 is 1.49 bits per heavy atom. The maximum atomic E-state index is 14.2. The summed E-state index contributed by atoms with van der Waals surface area (Å²) in [5.41, 5.74) is 4.63. The topological polar surface area (TPSA) is 43.9 Å². The van der Waals surface area contributed by atoms with Crippen LogP contribution in [0.1, 0.15) is 56.2 Å². The quantitative estimate of drug-likeness (QED) is 0.136. The second-order valence-electron chi connectivity index (χ2n) is 12.1. The van der Waals surface area contributed by atoms with Crippen LogP contribution in [0.3, 0.4) is 0 Å². The van der Waals surface area contributed by atoms with Gasteiger partial charge in [0.1, 0.15) is 5.82 Å². The lowest BCUT2D eigenvalue weighted by Gasteiger charge is -2.36. The van der Waals surface area contributed by atoms with E-state index in [4.69, 9.17) is 0 Å². The Hall–Kier alpha value is -3.47.